The van der Waals surface area contributed by atoms with Crippen LogP contribution < -0.4 is 10.1 Å². The Balaban J connectivity index is 3.25. The minimum absolute atomic E-state index is 0.0209. The SMILES string of the molecule is CCS(=O)(=O)c1cc(OC(C)(C)C#N)cnc1NCC(C)(C)C. The normalized spacial score (nSPS) is 12.6. The molecule has 0 aliphatic rings. The highest BCUT2D eigenvalue weighted by Crippen LogP contribution is 2.28. The van der Waals surface area contributed by atoms with E-state index in [-0.39, 0.29) is 21.8 Å². The molecule has 0 atom stereocenters. The van der Waals surface area contributed by atoms with Gasteiger partial charge in [-0.25, -0.2) is 13.4 Å². The standard InChI is InChI=1S/C16H25N3O3S/c1-7-23(20,21)13-8-12(22-16(5,6)10-17)9-18-14(13)19-11-15(2,3)4/h8-9H,7,11H2,1-6H3,(H,18,19). The fourth-order valence-corrected chi connectivity index (χ4v) is 2.70. The minimum Gasteiger partial charge on any atom is -0.471 e. The van der Waals surface area contributed by atoms with Crippen molar-refractivity contribution in [2.45, 2.75) is 52.0 Å². The van der Waals surface area contributed by atoms with Crippen molar-refractivity contribution in [1.29, 1.82) is 5.26 Å². The van der Waals surface area contributed by atoms with Gasteiger partial charge < -0.3 is 10.1 Å². The van der Waals surface area contributed by atoms with Crippen molar-refractivity contribution in [3.8, 4) is 11.8 Å². The largest absolute Gasteiger partial charge is 0.471 e. The second-order valence-corrected chi connectivity index (χ2v) is 9.31. The first-order chi connectivity index (χ1) is 10.4. The molecule has 1 heterocycles. The summed E-state index contributed by atoms with van der Waals surface area (Å²) >= 11 is 0. The molecule has 128 valence electrons. The van der Waals surface area contributed by atoms with Gasteiger partial charge in [0.05, 0.1) is 11.9 Å². The average molecular weight is 339 g/mol. The Kier molecular flexibility index (Phi) is 5.65. The highest BCUT2D eigenvalue weighted by atomic mass is 32.2. The number of hydrogen-bond acceptors (Lipinski definition) is 6. The van der Waals surface area contributed by atoms with Gasteiger partial charge in [0, 0.05) is 12.6 Å². The zero-order valence-electron chi connectivity index (χ0n) is 14.6. The highest BCUT2D eigenvalue weighted by molar-refractivity contribution is 7.91. The lowest BCUT2D eigenvalue weighted by atomic mass is 9.97. The predicted octanol–water partition coefficient (Wildman–Crippen LogP) is 3.01. The number of nitrogens with one attached hydrogen (secondary N) is 1. The molecule has 0 bridgehead atoms. The molecule has 0 saturated carbocycles. The monoisotopic (exact) mass is 339 g/mol. The van der Waals surface area contributed by atoms with Crippen molar-refractivity contribution < 1.29 is 13.2 Å². The van der Waals surface area contributed by atoms with Crippen LogP contribution in [0.5, 0.6) is 5.75 Å². The highest BCUT2D eigenvalue weighted by Gasteiger charge is 2.24. The number of ether oxygens (including phenoxy) is 1. The van der Waals surface area contributed by atoms with Crippen molar-refractivity contribution >= 4 is 15.7 Å². The lowest BCUT2D eigenvalue weighted by Crippen LogP contribution is -2.26. The number of sulfone groups is 1. The Hall–Kier alpha value is -1.81. The Morgan fingerprint density at radius 3 is 2.39 bits per heavy atom. The summed E-state index contributed by atoms with van der Waals surface area (Å²) in [5.41, 5.74) is -1.08. The van der Waals surface area contributed by atoms with E-state index < -0.39 is 15.4 Å². The van der Waals surface area contributed by atoms with Gasteiger partial charge in [0.15, 0.2) is 15.4 Å². The predicted molar refractivity (Wildman–Crippen MR) is 90.2 cm³/mol. The third kappa shape index (κ3) is 5.71. The van der Waals surface area contributed by atoms with Crippen LogP contribution >= 0.6 is 0 Å². The quantitative estimate of drug-likeness (QED) is 0.856. The molecule has 0 aromatic carbocycles. The van der Waals surface area contributed by atoms with Gasteiger partial charge in [0.1, 0.15) is 22.5 Å². The van der Waals surface area contributed by atoms with Gasteiger partial charge in [-0.2, -0.15) is 5.26 Å². The minimum atomic E-state index is -3.47. The molecule has 0 fully saturated rings. The summed E-state index contributed by atoms with van der Waals surface area (Å²) in [6, 6.07) is 3.43. The summed E-state index contributed by atoms with van der Waals surface area (Å²) in [4.78, 5) is 4.28. The first-order valence-electron chi connectivity index (χ1n) is 7.47. The number of aromatic nitrogens is 1. The zero-order chi connectivity index (χ0) is 17.9. The van der Waals surface area contributed by atoms with Crippen LogP contribution in [0.15, 0.2) is 17.2 Å². The van der Waals surface area contributed by atoms with Crippen molar-refractivity contribution in [1.82, 2.24) is 4.98 Å². The zero-order valence-corrected chi connectivity index (χ0v) is 15.4. The molecule has 0 amide bonds. The lowest BCUT2D eigenvalue weighted by Gasteiger charge is -2.22. The molecule has 7 heteroatoms. The van der Waals surface area contributed by atoms with Crippen LogP contribution in [0.3, 0.4) is 0 Å². The molecule has 0 radical (unpaired) electrons. The number of rotatable bonds is 6. The van der Waals surface area contributed by atoms with Gasteiger partial charge in [-0.15, -0.1) is 0 Å². The molecule has 23 heavy (non-hydrogen) atoms. The topological polar surface area (TPSA) is 92.1 Å². The van der Waals surface area contributed by atoms with Crippen LogP contribution in [-0.4, -0.2) is 31.3 Å². The van der Waals surface area contributed by atoms with Gasteiger partial charge in [-0.05, 0) is 19.3 Å². The summed E-state index contributed by atoms with van der Waals surface area (Å²) in [7, 11) is -3.47. The Morgan fingerprint density at radius 1 is 1.30 bits per heavy atom. The van der Waals surface area contributed by atoms with Crippen LogP contribution in [0.1, 0.15) is 41.5 Å². The number of nitrogens with zero attached hydrogens (tertiary/aromatic N) is 2. The van der Waals surface area contributed by atoms with Crippen LogP contribution in [-0.2, 0) is 9.84 Å². The lowest BCUT2D eigenvalue weighted by molar-refractivity contribution is 0.169. The number of hydrogen-bond donors (Lipinski definition) is 1. The molecule has 6 nitrogen and oxygen atoms in total. The van der Waals surface area contributed by atoms with Crippen LogP contribution in [0.4, 0.5) is 5.82 Å². The van der Waals surface area contributed by atoms with Crippen molar-refractivity contribution in [2.24, 2.45) is 5.41 Å². The smallest absolute Gasteiger partial charge is 0.188 e. The van der Waals surface area contributed by atoms with Gasteiger partial charge in [-0.1, -0.05) is 27.7 Å². The summed E-state index contributed by atoms with van der Waals surface area (Å²) in [6.45, 7) is 11.5. The maximum Gasteiger partial charge on any atom is 0.188 e. The Bertz CT molecular complexity index is 698. The summed E-state index contributed by atoms with van der Waals surface area (Å²) in [5.74, 6) is 0.526. The van der Waals surface area contributed by atoms with E-state index in [1.54, 1.807) is 20.8 Å². The third-order valence-electron chi connectivity index (χ3n) is 2.97. The van der Waals surface area contributed by atoms with E-state index in [1.165, 1.54) is 12.3 Å². The number of pyridine rings is 1. The molecular weight excluding hydrogens is 314 g/mol. The van der Waals surface area contributed by atoms with E-state index in [0.29, 0.717) is 12.4 Å². The fraction of sp³-hybridized carbons (Fsp3) is 0.625. The van der Waals surface area contributed by atoms with E-state index in [9.17, 15) is 8.42 Å². The maximum atomic E-state index is 12.3. The summed E-state index contributed by atoms with van der Waals surface area (Å²) in [6.07, 6.45) is 1.43. The van der Waals surface area contributed by atoms with E-state index in [4.69, 9.17) is 10.00 Å². The van der Waals surface area contributed by atoms with Gasteiger partial charge in [-0.3, -0.25) is 0 Å². The van der Waals surface area contributed by atoms with Crippen molar-refractivity contribution in [2.75, 3.05) is 17.6 Å². The molecule has 1 aromatic heterocycles. The van der Waals surface area contributed by atoms with E-state index >= 15 is 0 Å². The van der Waals surface area contributed by atoms with Crippen LogP contribution in [0.2, 0.25) is 0 Å². The summed E-state index contributed by atoms with van der Waals surface area (Å²) in [5, 5.41) is 12.1. The molecule has 0 aliphatic carbocycles. The van der Waals surface area contributed by atoms with Gasteiger partial charge in [0.2, 0.25) is 0 Å². The molecular formula is C16H25N3O3S. The van der Waals surface area contributed by atoms with Gasteiger partial charge in [0.25, 0.3) is 0 Å². The maximum absolute atomic E-state index is 12.3. The molecule has 1 N–H and O–H groups in total. The molecule has 0 saturated heterocycles. The fourth-order valence-electron chi connectivity index (χ4n) is 1.67. The molecule has 1 aromatic rings. The Labute approximate surface area is 138 Å². The Morgan fingerprint density at radius 2 is 1.91 bits per heavy atom. The van der Waals surface area contributed by atoms with Crippen LogP contribution in [0.25, 0.3) is 0 Å². The molecule has 0 spiro atoms. The average Bonchev–Trinajstić information content (AvgIpc) is 2.44. The van der Waals surface area contributed by atoms with E-state index in [1.807, 2.05) is 26.8 Å². The molecule has 0 unspecified atom stereocenters. The third-order valence-corrected chi connectivity index (χ3v) is 4.71. The molecule has 1 rings (SSSR count). The van der Waals surface area contributed by atoms with Gasteiger partial charge >= 0.3 is 0 Å². The van der Waals surface area contributed by atoms with E-state index in [2.05, 4.69) is 10.3 Å². The molecule has 0 aliphatic heterocycles. The first kappa shape index (κ1) is 19.2. The van der Waals surface area contributed by atoms with Crippen molar-refractivity contribution in [3.05, 3.63) is 12.3 Å². The van der Waals surface area contributed by atoms with Crippen molar-refractivity contribution in [3.63, 3.8) is 0 Å². The first-order valence-corrected chi connectivity index (χ1v) is 9.12. The van der Waals surface area contributed by atoms with Crippen LogP contribution in [0, 0.1) is 16.7 Å². The number of anilines is 1. The van der Waals surface area contributed by atoms with E-state index in [0.717, 1.165) is 0 Å². The second-order valence-electron chi connectivity index (χ2n) is 7.06. The summed E-state index contributed by atoms with van der Waals surface area (Å²) < 4.78 is 30.2. The number of nitriles is 1. The second kappa shape index (κ2) is 6.75.